The Hall–Kier alpha value is -1.29. The number of rotatable bonds is 2. The quantitative estimate of drug-likeness (QED) is 0.763. The Morgan fingerprint density at radius 3 is 2.14 bits per heavy atom. The highest BCUT2D eigenvalue weighted by Gasteiger charge is 2.06. The average molecular weight is 212 g/mol. The van der Waals surface area contributed by atoms with Crippen LogP contribution >= 0.6 is 0 Å². The van der Waals surface area contributed by atoms with Gasteiger partial charge in [-0.15, -0.1) is 0 Å². The van der Waals surface area contributed by atoms with Gasteiger partial charge in [0.05, 0.1) is 4.90 Å². The fourth-order valence-corrected chi connectivity index (χ4v) is 1.67. The summed E-state index contributed by atoms with van der Waals surface area (Å²) in [5.74, 6) is 0.144. The van der Waals surface area contributed by atoms with Crippen molar-refractivity contribution < 1.29 is 13.5 Å². The minimum Gasteiger partial charge on any atom is -0.508 e. The van der Waals surface area contributed by atoms with Gasteiger partial charge in [0.2, 0.25) is 0 Å². The highest BCUT2D eigenvalue weighted by atomic mass is 32.2. The predicted octanol–water partition coefficient (Wildman–Crippen LogP) is 2.01. The molecule has 0 aromatic heterocycles. The number of allylic oxidation sites excluding steroid dienone is 1. The third kappa shape index (κ3) is 2.35. The van der Waals surface area contributed by atoms with E-state index in [4.69, 9.17) is 0 Å². The molecular weight excluding hydrogens is 200 g/mol. The van der Waals surface area contributed by atoms with Crippen LogP contribution in [0, 0.1) is 0 Å². The summed E-state index contributed by atoms with van der Waals surface area (Å²) in [6.45, 7) is 1.71. The second-order valence-electron chi connectivity index (χ2n) is 2.97. The highest BCUT2D eigenvalue weighted by molar-refractivity contribution is 7.90. The van der Waals surface area contributed by atoms with Crippen molar-refractivity contribution in [1.29, 1.82) is 0 Å². The molecule has 76 valence electrons. The molecule has 0 unspecified atom stereocenters. The smallest absolute Gasteiger partial charge is 0.175 e. The van der Waals surface area contributed by atoms with Crippen molar-refractivity contribution in [2.75, 3.05) is 6.26 Å². The van der Waals surface area contributed by atoms with E-state index in [9.17, 15) is 13.5 Å². The topological polar surface area (TPSA) is 54.4 Å². The molecule has 0 atom stereocenters. The van der Waals surface area contributed by atoms with E-state index >= 15 is 0 Å². The van der Waals surface area contributed by atoms with Gasteiger partial charge in [-0.05, 0) is 37.3 Å². The molecule has 0 aliphatic rings. The van der Waals surface area contributed by atoms with Crippen LogP contribution in [0.3, 0.4) is 0 Å². The molecule has 0 saturated heterocycles. The molecule has 0 fully saturated rings. The minimum absolute atomic E-state index is 0.144. The first-order valence-corrected chi connectivity index (χ1v) is 6.00. The van der Waals surface area contributed by atoms with Gasteiger partial charge in [-0.1, -0.05) is 0 Å². The predicted molar refractivity (Wildman–Crippen MR) is 55.8 cm³/mol. The molecule has 0 bridgehead atoms. The van der Waals surface area contributed by atoms with Crippen molar-refractivity contribution >= 4 is 15.6 Å². The Bertz CT molecular complexity index is 441. The van der Waals surface area contributed by atoms with Crippen LogP contribution in [-0.4, -0.2) is 19.8 Å². The minimum atomic E-state index is -3.15. The van der Waals surface area contributed by atoms with E-state index in [0.29, 0.717) is 5.56 Å². The lowest BCUT2D eigenvalue weighted by Gasteiger charge is -2.01. The molecule has 0 aliphatic carbocycles. The lowest BCUT2D eigenvalue weighted by Crippen LogP contribution is -1.96. The van der Waals surface area contributed by atoms with Crippen LogP contribution in [-0.2, 0) is 9.84 Å². The van der Waals surface area contributed by atoms with E-state index in [1.54, 1.807) is 25.1 Å². The molecule has 1 N–H and O–H groups in total. The molecule has 0 amide bonds. The Balaban J connectivity index is 3.14. The van der Waals surface area contributed by atoms with Gasteiger partial charge in [-0.2, -0.15) is 0 Å². The Labute approximate surface area is 83.6 Å². The molecule has 1 rings (SSSR count). The summed E-state index contributed by atoms with van der Waals surface area (Å²) in [5.41, 5.74) is 0.611. The van der Waals surface area contributed by atoms with Crippen molar-refractivity contribution in [1.82, 2.24) is 0 Å². The van der Waals surface area contributed by atoms with Crippen LogP contribution in [0.25, 0.3) is 5.76 Å². The SMILES string of the molecule is CC=C(O)c1ccc(S(C)(=O)=O)cc1. The molecule has 0 saturated carbocycles. The van der Waals surface area contributed by atoms with Gasteiger partial charge in [0.1, 0.15) is 5.76 Å². The molecule has 1 aromatic rings. The standard InChI is InChI=1S/C10H12O3S/c1-3-10(11)8-4-6-9(7-5-8)14(2,12)13/h3-7,11H,1-2H3. The fourth-order valence-electron chi connectivity index (χ4n) is 1.04. The van der Waals surface area contributed by atoms with E-state index < -0.39 is 9.84 Å². The van der Waals surface area contributed by atoms with E-state index in [0.717, 1.165) is 6.26 Å². The summed E-state index contributed by atoms with van der Waals surface area (Å²) in [5, 5.41) is 9.33. The third-order valence-electron chi connectivity index (χ3n) is 1.85. The molecular formula is C10H12O3S. The molecule has 3 nitrogen and oxygen atoms in total. The number of aliphatic hydroxyl groups excluding tert-OH is 1. The van der Waals surface area contributed by atoms with Crippen LogP contribution in [0.2, 0.25) is 0 Å². The summed E-state index contributed by atoms with van der Waals surface area (Å²) in [6, 6.07) is 6.10. The lowest BCUT2D eigenvalue weighted by molar-refractivity contribution is 0.511. The Morgan fingerprint density at radius 1 is 1.29 bits per heavy atom. The molecule has 1 aromatic carbocycles. The first-order chi connectivity index (χ1) is 6.45. The zero-order valence-electron chi connectivity index (χ0n) is 8.06. The number of aliphatic hydroxyl groups is 1. The van der Waals surface area contributed by atoms with Crippen molar-refractivity contribution in [2.24, 2.45) is 0 Å². The Kier molecular flexibility index (Phi) is 2.96. The maximum atomic E-state index is 11.1. The maximum absolute atomic E-state index is 11.1. The largest absolute Gasteiger partial charge is 0.508 e. The summed E-state index contributed by atoms with van der Waals surface area (Å²) in [6.07, 6.45) is 2.70. The first kappa shape index (κ1) is 10.8. The second kappa shape index (κ2) is 3.84. The highest BCUT2D eigenvalue weighted by Crippen LogP contribution is 2.15. The molecule has 14 heavy (non-hydrogen) atoms. The van der Waals surface area contributed by atoms with Gasteiger partial charge >= 0.3 is 0 Å². The van der Waals surface area contributed by atoms with Crippen molar-refractivity contribution in [3.63, 3.8) is 0 Å². The van der Waals surface area contributed by atoms with E-state index in [1.807, 2.05) is 0 Å². The van der Waals surface area contributed by atoms with Crippen LogP contribution in [0.15, 0.2) is 35.2 Å². The first-order valence-electron chi connectivity index (χ1n) is 4.11. The molecule has 4 heteroatoms. The number of benzene rings is 1. The van der Waals surface area contributed by atoms with Gasteiger partial charge in [0.15, 0.2) is 9.84 Å². The van der Waals surface area contributed by atoms with Crippen LogP contribution in [0.1, 0.15) is 12.5 Å². The van der Waals surface area contributed by atoms with Gasteiger partial charge < -0.3 is 5.11 Å². The summed E-state index contributed by atoms with van der Waals surface area (Å²) >= 11 is 0. The van der Waals surface area contributed by atoms with Crippen LogP contribution < -0.4 is 0 Å². The van der Waals surface area contributed by atoms with Crippen LogP contribution in [0.5, 0.6) is 0 Å². The molecule has 0 aliphatic heterocycles. The normalized spacial score (nSPS) is 12.9. The average Bonchev–Trinajstić information content (AvgIpc) is 2.15. The summed E-state index contributed by atoms with van der Waals surface area (Å²) in [7, 11) is -3.15. The summed E-state index contributed by atoms with van der Waals surface area (Å²) in [4.78, 5) is 0.255. The molecule has 0 spiro atoms. The van der Waals surface area contributed by atoms with Crippen molar-refractivity contribution in [3.05, 3.63) is 35.9 Å². The lowest BCUT2D eigenvalue weighted by atomic mass is 10.2. The Morgan fingerprint density at radius 2 is 1.79 bits per heavy atom. The van der Waals surface area contributed by atoms with Crippen molar-refractivity contribution in [2.45, 2.75) is 11.8 Å². The number of hydrogen-bond donors (Lipinski definition) is 1. The molecule has 0 radical (unpaired) electrons. The fraction of sp³-hybridized carbons (Fsp3) is 0.200. The van der Waals surface area contributed by atoms with E-state index in [-0.39, 0.29) is 10.7 Å². The van der Waals surface area contributed by atoms with Gasteiger partial charge in [-0.3, -0.25) is 0 Å². The monoisotopic (exact) mass is 212 g/mol. The second-order valence-corrected chi connectivity index (χ2v) is 4.99. The third-order valence-corrected chi connectivity index (χ3v) is 2.98. The zero-order chi connectivity index (χ0) is 10.8. The van der Waals surface area contributed by atoms with E-state index in [2.05, 4.69) is 0 Å². The number of sulfone groups is 1. The van der Waals surface area contributed by atoms with Gasteiger partial charge in [0, 0.05) is 11.8 Å². The number of hydrogen-bond acceptors (Lipinski definition) is 3. The zero-order valence-corrected chi connectivity index (χ0v) is 8.88. The summed E-state index contributed by atoms with van der Waals surface area (Å²) < 4.78 is 22.2. The van der Waals surface area contributed by atoms with Gasteiger partial charge in [0.25, 0.3) is 0 Å². The van der Waals surface area contributed by atoms with Crippen molar-refractivity contribution in [3.8, 4) is 0 Å². The maximum Gasteiger partial charge on any atom is 0.175 e. The van der Waals surface area contributed by atoms with Gasteiger partial charge in [-0.25, -0.2) is 8.42 Å². The van der Waals surface area contributed by atoms with E-state index in [1.165, 1.54) is 12.1 Å². The molecule has 0 heterocycles. The van der Waals surface area contributed by atoms with Crippen LogP contribution in [0.4, 0.5) is 0 Å².